The van der Waals surface area contributed by atoms with Gasteiger partial charge in [0.2, 0.25) is 0 Å². The number of pyridine rings is 1. The summed E-state index contributed by atoms with van der Waals surface area (Å²) in [6, 6.07) is 1.69. The molecule has 0 aromatic carbocycles. The van der Waals surface area contributed by atoms with Gasteiger partial charge in [0, 0.05) is 13.1 Å². The molecule has 0 N–H and O–H groups in total. The summed E-state index contributed by atoms with van der Waals surface area (Å²) in [5, 5.41) is 11.2. The first-order chi connectivity index (χ1) is 9.51. The van der Waals surface area contributed by atoms with Gasteiger partial charge in [-0.25, -0.2) is 4.98 Å². The summed E-state index contributed by atoms with van der Waals surface area (Å²) in [6.07, 6.45) is 1.28. The third kappa shape index (κ3) is 2.59. The van der Waals surface area contributed by atoms with Crippen molar-refractivity contribution in [2.45, 2.75) is 26.6 Å². The van der Waals surface area contributed by atoms with Crippen LogP contribution in [-0.2, 0) is 15.3 Å². The second kappa shape index (κ2) is 5.72. The van der Waals surface area contributed by atoms with Crippen LogP contribution in [0, 0.1) is 10.1 Å². The number of nitro groups is 1. The van der Waals surface area contributed by atoms with Crippen molar-refractivity contribution >= 4 is 11.5 Å². The summed E-state index contributed by atoms with van der Waals surface area (Å²) in [6.45, 7) is 8.13. The van der Waals surface area contributed by atoms with Crippen molar-refractivity contribution in [2.24, 2.45) is 0 Å². The van der Waals surface area contributed by atoms with Gasteiger partial charge in [-0.15, -0.1) is 0 Å². The highest BCUT2D eigenvalue weighted by Crippen LogP contribution is 2.37. The fourth-order valence-electron chi connectivity index (χ4n) is 2.34. The smallest absolute Gasteiger partial charge is 0.296 e. The molecule has 1 aliphatic heterocycles. The fraction of sp³-hybridized carbons (Fsp3) is 0.615. The van der Waals surface area contributed by atoms with Crippen molar-refractivity contribution in [2.75, 3.05) is 31.2 Å². The molecule has 7 heteroatoms. The van der Waals surface area contributed by atoms with Gasteiger partial charge in [-0.05, 0) is 26.8 Å². The molecule has 0 spiro atoms. The minimum atomic E-state index is -1.08. The van der Waals surface area contributed by atoms with Crippen LogP contribution in [0.1, 0.15) is 26.3 Å². The number of hydrogen-bond donors (Lipinski definition) is 0. The van der Waals surface area contributed by atoms with Gasteiger partial charge in [0.15, 0.2) is 5.79 Å². The van der Waals surface area contributed by atoms with Crippen molar-refractivity contribution in [1.82, 2.24) is 4.98 Å². The van der Waals surface area contributed by atoms with E-state index in [-0.39, 0.29) is 5.69 Å². The van der Waals surface area contributed by atoms with Crippen molar-refractivity contribution in [3.8, 4) is 0 Å². The Morgan fingerprint density at radius 1 is 1.40 bits per heavy atom. The van der Waals surface area contributed by atoms with Crippen LogP contribution in [0.4, 0.5) is 11.5 Å². The van der Waals surface area contributed by atoms with E-state index in [0.717, 1.165) is 13.1 Å². The maximum Gasteiger partial charge on any atom is 0.296 e. The van der Waals surface area contributed by atoms with E-state index in [9.17, 15) is 10.1 Å². The Labute approximate surface area is 117 Å². The quantitative estimate of drug-likeness (QED) is 0.607. The summed E-state index contributed by atoms with van der Waals surface area (Å²) >= 11 is 0. The maximum absolute atomic E-state index is 11.2. The zero-order valence-corrected chi connectivity index (χ0v) is 12.0. The summed E-state index contributed by atoms with van der Waals surface area (Å²) in [4.78, 5) is 16.9. The third-order valence-corrected chi connectivity index (χ3v) is 3.48. The second-order valence-corrected chi connectivity index (χ2v) is 4.63. The number of aromatic nitrogens is 1. The summed E-state index contributed by atoms with van der Waals surface area (Å²) in [5.41, 5.74) is 0.335. The molecular weight excluding hydrogens is 262 g/mol. The van der Waals surface area contributed by atoms with Crippen molar-refractivity contribution in [1.29, 1.82) is 0 Å². The van der Waals surface area contributed by atoms with E-state index in [0.29, 0.717) is 24.6 Å². The Morgan fingerprint density at radius 3 is 2.50 bits per heavy atom. The molecule has 1 aromatic rings. The minimum absolute atomic E-state index is 0.0784. The molecule has 0 aliphatic carbocycles. The molecule has 2 rings (SSSR count). The van der Waals surface area contributed by atoms with Gasteiger partial charge in [0.1, 0.15) is 12.0 Å². The van der Waals surface area contributed by atoms with Crippen LogP contribution in [0.25, 0.3) is 0 Å². The zero-order valence-electron chi connectivity index (χ0n) is 12.0. The Balaban J connectivity index is 2.50. The molecule has 1 fully saturated rings. The molecule has 1 aliphatic rings. The SMILES string of the molecule is CCN(CC)c1cc(C2(C)OCCO2)c([N+](=O)[O-])cn1. The highest BCUT2D eigenvalue weighted by molar-refractivity contribution is 5.51. The summed E-state index contributed by atoms with van der Waals surface area (Å²) < 4.78 is 11.1. The van der Waals surface area contributed by atoms with E-state index in [4.69, 9.17) is 9.47 Å². The molecule has 0 bridgehead atoms. The first kappa shape index (κ1) is 14.7. The molecule has 0 radical (unpaired) electrons. The average molecular weight is 281 g/mol. The molecular formula is C13H19N3O4. The van der Waals surface area contributed by atoms with Crippen LogP contribution in [0.15, 0.2) is 12.3 Å². The predicted molar refractivity (Wildman–Crippen MR) is 73.7 cm³/mol. The van der Waals surface area contributed by atoms with Gasteiger partial charge in [-0.1, -0.05) is 0 Å². The normalized spacial score (nSPS) is 17.1. The maximum atomic E-state index is 11.2. The minimum Gasteiger partial charge on any atom is -0.357 e. The van der Waals surface area contributed by atoms with E-state index in [2.05, 4.69) is 4.98 Å². The molecule has 110 valence electrons. The highest BCUT2D eigenvalue weighted by atomic mass is 16.7. The van der Waals surface area contributed by atoms with Crippen LogP contribution in [-0.4, -0.2) is 36.2 Å². The topological polar surface area (TPSA) is 77.7 Å². The Morgan fingerprint density at radius 2 is 2.00 bits per heavy atom. The third-order valence-electron chi connectivity index (χ3n) is 3.48. The molecule has 1 aromatic heterocycles. The monoisotopic (exact) mass is 281 g/mol. The lowest BCUT2D eigenvalue weighted by atomic mass is 10.1. The van der Waals surface area contributed by atoms with Gasteiger partial charge < -0.3 is 14.4 Å². The number of ether oxygens (including phenoxy) is 2. The largest absolute Gasteiger partial charge is 0.357 e. The number of hydrogen-bond acceptors (Lipinski definition) is 6. The molecule has 1 saturated heterocycles. The van der Waals surface area contributed by atoms with Gasteiger partial charge in [-0.2, -0.15) is 0 Å². The predicted octanol–water partition coefficient (Wildman–Crippen LogP) is 2.06. The van der Waals surface area contributed by atoms with E-state index >= 15 is 0 Å². The lowest BCUT2D eigenvalue weighted by Crippen LogP contribution is -2.27. The van der Waals surface area contributed by atoms with Gasteiger partial charge >= 0.3 is 0 Å². The molecule has 0 saturated carbocycles. The molecule has 7 nitrogen and oxygen atoms in total. The van der Waals surface area contributed by atoms with Crippen molar-refractivity contribution in [3.05, 3.63) is 27.9 Å². The number of rotatable bonds is 5. The Hall–Kier alpha value is -1.73. The average Bonchev–Trinajstić information content (AvgIpc) is 2.88. The standard InChI is InChI=1S/C13H19N3O4/c1-4-15(5-2)12-8-10(11(9-14-12)16(17)18)13(3)19-6-7-20-13/h8-9H,4-7H2,1-3H3. The molecule has 0 amide bonds. The second-order valence-electron chi connectivity index (χ2n) is 4.63. The van der Waals surface area contributed by atoms with E-state index in [1.807, 2.05) is 18.7 Å². The van der Waals surface area contributed by atoms with Gasteiger partial charge in [-0.3, -0.25) is 10.1 Å². The number of anilines is 1. The van der Waals surface area contributed by atoms with E-state index in [1.54, 1.807) is 13.0 Å². The lowest BCUT2D eigenvalue weighted by molar-refractivity contribution is -0.388. The molecule has 2 heterocycles. The van der Waals surface area contributed by atoms with Crippen LogP contribution in [0.5, 0.6) is 0 Å². The molecule has 0 atom stereocenters. The van der Waals surface area contributed by atoms with Crippen molar-refractivity contribution < 1.29 is 14.4 Å². The molecule has 0 unspecified atom stereocenters. The van der Waals surface area contributed by atoms with Gasteiger partial charge in [0.25, 0.3) is 5.69 Å². The van der Waals surface area contributed by atoms with Crippen LogP contribution in [0.2, 0.25) is 0 Å². The van der Waals surface area contributed by atoms with E-state index in [1.165, 1.54) is 6.20 Å². The molecule has 20 heavy (non-hydrogen) atoms. The van der Waals surface area contributed by atoms with Crippen molar-refractivity contribution in [3.63, 3.8) is 0 Å². The Kier molecular flexibility index (Phi) is 4.20. The first-order valence-corrected chi connectivity index (χ1v) is 6.69. The fourth-order valence-corrected chi connectivity index (χ4v) is 2.34. The van der Waals surface area contributed by atoms with E-state index < -0.39 is 10.7 Å². The zero-order chi connectivity index (χ0) is 14.8. The van der Waals surface area contributed by atoms with Crippen LogP contribution < -0.4 is 4.90 Å². The number of nitrogens with zero attached hydrogens (tertiary/aromatic N) is 3. The summed E-state index contributed by atoms with van der Waals surface area (Å²) in [7, 11) is 0. The van der Waals surface area contributed by atoms with Gasteiger partial charge in [0.05, 0.1) is 23.7 Å². The summed E-state index contributed by atoms with van der Waals surface area (Å²) in [5.74, 6) is -0.385. The lowest BCUT2D eigenvalue weighted by Gasteiger charge is -2.25. The Bertz CT molecular complexity index is 496. The first-order valence-electron chi connectivity index (χ1n) is 6.69. The van der Waals surface area contributed by atoms with Crippen LogP contribution >= 0.6 is 0 Å². The van der Waals surface area contributed by atoms with Crippen LogP contribution in [0.3, 0.4) is 0 Å². The highest BCUT2D eigenvalue weighted by Gasteiger charge is 2.39.